The maximum absolute atomic E-state index is 12.8. The summed E-state index contributed by atoms with van der Waals surface area (Å²) in [5, 5.41) is 2.72. The van der Waals surface area contributed by atoms with Gasteiger partial charge in [-0.05, 0) is 38.1 Å². The molecule has 2 rings (SSSR count). The standard InChI is InChI=1S/C19H24N2O5S/c1-13-6-8-15(9-7-13)21(27(5,23)24)14(2)19(22)20-17-11-10-16(25-3)12-18(17)26-4/h6-12,14H,1-5H3,(H,20,22)/t14-/m0/s1. The molecule has 7 nitrogen and oxygen atoms in total. The molecule has 1 N–H and O–H groups in total. The molecule has 0 spiro atoms. The second-order valence-corrected chi connectivity index (χ2v) is 7.99. The maximum atomic E-state index is 12.8. The normalized spacial score (nSPS) is 12.2. The van der Waals surface area contributed by atoms with Crippen LogP contribution < -0.4 is 19.1 Å². The van der Waals surface area contributed by atoms with Gasteiger partial charge in [0.2, 0.25) is 15.9 Å². The fourth-order valence-corrected chi connectivity index (χ4v) is 3.81. The molecule has 0 aromatic heterocycles. The number of carbonyl (C=O) groups is 1. The summed E-state index contributed by atoms with van der Waals surface area (Å²) in [5.74, 6) is 0.510. The Morgan fingerprint density at radius 3 is 2.22 bits per heavy atom. The van der Waals surface area contributed by atoms with Crippen molar-refractivity contribution in [2.75, 3.05) is 30.1 Å². The van der Waals surface area contributed by atoms with Crippen LogP contribution in [0.1, 0.15) is 12.5 Å². The van der Waals surface area contributed by atoms with Gasteiger partial charge in [0.05, 0.1) is 31.9 Å². The third kappa shape index (κ3) is 4.91. The van der Waals surface area contributed by atoms with Crippen LogP contribution in [-0.2, 0) is 14.8 Å². The second kappa shape index (κ2) is 8.30. The minimum atomic E-state index is -3.67. The van der Waals surface area contributed by atoms with Crippen molar-refractivity contribution in [2.45, 2.75) is 19.9 Å². The lowest BCUT2D eigenvalue weighted by Gasteiger charge is -2.28. The van der Waals surface area contributed by atoms with Gasteiger partial charge in [-0.25, -0.2) is 8.42 Å². The van der Waals surface area contributed by atoms with Gasteiger partial charge in [-0.3, -0.25) is 9.10 Å². The minimum absolute atomic E-state index is 0.413. The smallest absolute Gasteiger partial charge is 0.248 e. The molecule has 1 amide bonds. The van der Waals surface area contributed by atoms with Crippen LogP contribution in [0.15, 0.2) is 42.5 Å². The third-order valence-electron chi connectivity index (χ3n) is 4.04. The SMILES string of the molecule is COc1ccc(NC(=O)[C@H](C)N(c2ccc(C)cc2)S(C)(=O)=O)c(OC)c1. The van der Waals surface area contributed by atoms with Crippen LogP contribution in [0.4, 0.5) is 11.4 Å². The molecule has 0 aliphatic rings. The number of methoxy groups -OCH3 is 2. The highest BCUT2D eigenvalue weighted by atomic mass is 32.2. The van der Waals surface area contributed by atoms with E-state index in [0.717, 1.165) is 16.1 Å². The fourth-order valence-electron chi connectivity index (χ4n) is 2.64. The molecule has 0 aliphatic carbocycles. The zero-order valence-corrected chi connectivity index (χ0v) is 16.8. The maximum Gasteiger partial charge on any atom is 0.248 e. The quantitative estimate of drug-likeness (QED) is 0.783. The van der Waals surface area contributed by atoms with Gasteiger partial charge >= 0.3 is 0 Å². The van der Waals surface area contributed by atoms with Gasteiger partial charge in [-0.2, -0.15) is 0 Å². The van der Waals surface area contributed by atoms with E-state index < -0.39 is 22.0 Å². The molecule has 0 saturated heterocycles. The van der Waals surface area contributed by atoms with E-state index in [2.05, 4.69) is 5.32 Å². The van der Waals surface area contributed by atoms with E-state index in [1.165, 1.54) is 21.1 Å². The molecule has 0 unspecified atom stereocenters. The van der Waals surface area contributed by atoms with Crippen LogP contribution in [0.5, 0.6) is 11.5 Å². The van der Waals surface area contributed by atoms with E-state index in [4.69, 9.17) is 9.47 Å². The molecule has 0 heterocycles. The number of anilines is 2. The van der Waals surface area contributed by atoms with Crippen LogP contribution in [0.25, 0.3) is 0 Å². The zero-order valence-electron chi connectivity index (χ0n) is 16.0. The minimum Gasteiger partial charge on any atom is -0.497 e. The number of sulfonamides is 1. The fraction of sp³-hybridized carbons (Fsp3) is 0.316. The van der Waals surface area contributed by atoms with Gasteiger partial charge < -0.3 is 14.8 Å². The average molecular weight is 392 g/mol. The van der Waals surface area contributed by atoms with E-state index in [0.29, 0.717) is 22.9 Å². The van der Waals surface area contributed by atoms with E-state index in [9.17, 15) is 13.2 Å². The zero-order chi connectivity index (χ0) is 20.2. The molecule has 8 heteroatoms. The predicted octanol–water partition coefficient (Wildman–Crippen LogP) is 2.81. The van der Waals surface area contributed by atoms with Crippen molar-refractivity contribution >= 4 is 27.3 Å². The first-order valence-electron chi connectivity index (χ1n) is 8.26. The van der Waals surface area contributed by atoms with Crippen LogP contribution in [-0.4, -0.2) is 40.8 Å². The number of benzene rings is 2. The molecule has 0 bridgehead atoms. The highest BCUT2D eigenvalue weighted by Gasteiger charge is 2.29. The Hall–Kier alpha value is -2.74. The third-order valence-corrected chi connectivity index (χ3v) is 5.29. The average Bonchev–Trinajstić information content (AvgIpc) is 2.62. The lowest BCUT2D eigenvalue weighted by Crippen LogP contribution is -2.45. The Bertz CT molecular complexity index is 910. The van der Waals surface area contributed by atoms with Crippen molar-refractivity contribution in [1.29, 1.82) is 0 Å². The molecular weight excluding hydrogens is 368 g/mol. The van der Waals surface area contributed by atoms with Gasteiger partial charge in [0, 0.05) is 6.07 Å². The lowest BCUT2D eigenvalue weighted by atomic mass is 10.2. The second-order valence-electron chi connectivity index (χ2n) is 6.13. The number of rotatable bonds is 7. The monoisotopic (exact) mass is 392 g/mol. The van der Waals surface area contributed by atoms with Crippen LogP contribution in [0.3, 0.4) is 0 Å². The number of carbonyl (C=O) groups excluding carboxylic acids is 1. The molecule has 27 heavy (non-hydrogen) atoms. The molecule has 0 radical (unpaired) electrons. The number of nitrogens with zero attached hydrogens (tertiary/aromatic N) is 1. The van der Waals surface area contributed by atoms with E-state index in [1.54, 1.807) is 42.5 Å². The summed E-state index contributed by atoms with van der Waals surface area (Å²) in [5.41, 5.74) is 1.84. The summed E-state index contributed by atoms with van der Waals surface area (Å²) in [7, 11) is -0.669. The number of nitrogens with one attached hydrogen (secondary N) is 1. The molecule has 146 valence electrons. The van der Waals surface area contributed by atoms with E-state index in [-0.39, 0.29) is 0 Å². The van der Waals surface area contributed by atoms with Crippen LogP contribution >= 0.6 is 0 Å². The topological polar surface area (TPSA) is 84.9 Å². The first kappa shape index (κ1) is 20.6. The highest BCUT2D eigenvalue weighted by Crippen LogP contribution is 2.30. The molecule has 2 aromatic carbocycles. The largest absolute Gasteiger partial charge is 0.497 e. The number of ether oxygens (including phenoxy) is 2. The molecule has 0 saturated carbocycles. The first-order chi connectivity index (χ1) is 12.7. The Morgan fingerprint density at radius 2 is 1.70 bits per heavy atom. The summed E-state index contributed by atoms with van der Waals surface area (Å²) in [4.78, 5) is 12.8. The van der Waals surface area contributed by atoms with Crippen LogP contribution in [0.2, 0.25) is 0 Å². The van der Waals surface area contributed by atoms with Gasteiger partial charge in [0.15, 0.2) is 0 Å². The summed E-state index contributed by atoms with van der Waals surface area (Å²) in [6.07, 6.45) is 1.07. The Balaban J connectivity index is 2.32. The summed E-state index contributed by atoms with van der Waals surface area (Å²) < 4.78 is 36.1. The highest BCUT2D eigenvalue weighted by molar-refractivity contribution is 7.92. The van der Waals surface area contributed by atoms with Crippen LogP contribution in [0, 0.1) is 6.92 Å². The van der Waals surface area contributed by atoms with E-state index >= 15 is 0 Å². The molecular formula is C19H24N2O5S. The Labute approximate surface area is 160 Å². The van der Waals surface area contributed by atoms with Crippen molar-refractivity contribution in [3.05, 3.63) is 48.0 Å². The van der Waals surface area contributed by atoms with Gasteiger partial charge in [-0.1, -0.05) is 17.7 Å². The molecule has 0 aliphatic heterocycles. The number of aryl methyl sites for hydroxylation is 1. The van der Waals surface area contributed by atoms with Gasteiger partial charge in [0.25, 0.3) is 0 Å². The van der Waals surface area contributed by atoms with Crippen molar-refractivity contribution in [1.82, 2.24) is 0 Å². The number of hydrogen-bond donors (Lipinski definition) is 1. The predicted molar refractivity (Wildman–Crippen MR) is 106 cm³/mol. The summed E-state index contributed by atoms with van der Waals surface area (Å²) in [6, 6.07) is 10.9. The first-order valence-corrected chi connectivity index (χ1v) is 10.1. The number of hydrogen-bond acceptors (Lipinski definition) is 5. The van der Waals surface area contributed by atoms with Gasteiger partial charge in [0.1, 0.15) is 17.5 Å². The summed E-state index contributed by atoms with van der Waals surface area (Å²) in [6.45, 7) is 3.44. The van der Waals surface area contributed by atoms with Crippen molar-refractivity contribution in [3.63, 3.8) is 0 Å². The molecule has 0 fully saturated rings. The lowest BCUT2D eigenvalue weighted by molar-refractivity contribution is -0.116. The van der Waals surface area contributed by atoms with Gasteiger partial charge in [-0.15, -0.1) is 0 Å². The Morgan fingerprint density at radius 1 is 1.07 bits per heavy atom. The molecule has 2 aromatic rings. The van der Waals surface area contributed by atoms with Crippen molar-refractivity contribution < 1.29 is 22.7 Å². The summed E-state index contributed by atoms with van der Waals surface area (Å²) >= 11 is 0. The molecule has 1 atom stereocenters. The Kier molecular flexibility index (Phi) is 6.32. The van der Waals surface area contributed by atoms with E-state index in [1.807, 2.05) is 6.92 Å². The van der Waals surface area contributed by atoms with Crippen molar-refractivity contribution in [3.8, 4) is 11.5 Å². The van der Waals surface area contributed by atoms with Crippen molar-refractivity contribution in [2.24, 2.45) is 0 Å². The number of amides is 1.